The van der Waals surface area contributed by atoms with E-state index in [1.807, 2.05) is 6.92 Å². The van der Waals surface area contributed by atoms with Gasteiger partial charge in [-0.2, -0.15) is 0 Å². The van der Waals surface area contributed by atoms with Crippen molar-refractivity contribution in [3.8, 4) is 0 Å². The molecule has 0 rings (SSSR count). The molecule has 0 radical (unpaired) electrons. The van der Waals surface area contributed by atoms with Gasteiger partial charge in [-0.05, 0) is 81.1 Å². The average molecular weight is 795 g/mol. The second kappa shape index (κ2) is 31.0. The average Bonchev–Trinajstić information content (AvgIpc) is 3.14. The van der Waals surface area contributed by atoms with Crippen LogP contribution >= 0.6 is 0 Å². The third-order valence-electron chi connectivity index (χ3n) is 7.86. The third kappa shape index (κ3) is 30.1. The predicted octanol–water partition coefficient (Wildman–Crippen LogP) is 4.89. The Morgan fingerprint density at radius 1 is 0.429 bits per heavy atom. The SMILES string of the molecule is CCC(=O)CN=C(C)CCC(=O)OC(C)COCC(C)OC(=O)CCC(C)=NCC(=O)CN=C(C)CCC(=O)OC(C)COCC(C)OC(=O)CCC(C)=NC. The van der Waals surface area contributed by atoms with Crippen LogP contribution < -0.4 is 0 Å². The van der Waals surface area contributed by atoms with Crippen LogP contribution in [0.5, 0.6) is 0 Å². The summed E-state index contributed by atoms with van der Waals surface area (Å²) in [7, 11) is 1.68. The molecule has 0 bridgehead atoms. The zero-order valence-electron chi connectivity index (χ0n) is 35.3. The molecule has 0 aromatic rings. The normalized spacial score (nSPS) is 14.7. The summed E-state index contributed by atoms with van der Waals surface area (Å²) in [6.07, 6.45) is 0.662. The van der Waals surface area contributed by atoms with Crippen molar-refractivity contribution in [3.63, 3.8) is 0 Å². The van der Waals surface area contributed by atoms with Crippen LogP contribution in [0.1, 0.15) is 120 Å². The van der Waals surface area contributed by atoms with Gasteiger partial charge in [-0.1, -0.05) is 6.92 Å². The fourth-order valence-electron chi connectivity index (χ4n) is 4.38. The van der Waals surface area contributed by atoms with E-state index in [1.165, 1.54) is 0 Å². The van der Waals surface area contributed by atoms with E-state index in [0.29, 0.717) is 49.2 Å². The molecule has 4 unspecified atom stereocenters. The van der Waals surface area contributed by atoms with Crippen LogP contribution in [0.2, 0.25) is 0 Å². The lowest BCUT2D eigenvalue weighted by Crippen LogP contribution is -2.25. The maximum atomic E-state index is 12.3. The van der Waals surface area contributed by atoms with Gasteiger partial charge >= 0.3 is 23.9 Å². The minimum Gasteiger partial charge on any atom is -0.460 e. The second-order valence-corrected chi connectivity index (χ2v) is 13.8. The van der Waals surface area contributed by atoms with Crippen molar-refractivity contribution in [2.45, 2.75) is 145 Å². The predicted molar refractivity (Wildman–Crippen MR) is 214 cm³/mol. The van der Waals surface area contributed by atoms with E-state index < -0.39 is 42.3 Å². The van der Waals surface area contributed by atoms with E-state index in [1.54, 1.807) is 62.4 Å². The zero-order chi connectivity index (χ0) is 42.5. The van der Waals surface area contributed by atoms with E-state index in [2.05, 4.69) is 20.0 Å². The number of hydrogen-bond acceptors (Lipinski definition) is 16. The van der Waals surface area contributed by atoms with Gasteiger partial charge in [0, 0.05) is 36.3 Å². The Labute approximate surface area is 332 Å². The minimum atomic E-state index is -0.520. The summed E-state index contributed by atoms with van der Waals surface area (Å²) < 4.78 is 32.5. The van der Waals surface area contributed by atoms with E-state index in [4.69, 9.17) is 28.4 Å². The number of Topliss-reactive ketones (excluding diaryl/α,β-unsaturated/α-hetero) is 2. The molecule has 0 aliphatic rings. The Hall–Kier alpha value is -4.18. The number of esters is 4. The highest BCUT2D eigenvalue weighted by atomic mass is 16.6. The van der Waals surface area contributed by atoms with Crippen molar-refractivity contribution >= 4 is 58.3 Å². The monoisotopic (exact) mass is 794 g/mol. The number of rotatable bonds is 31. The van der Waals surface area contributed by atoms with Gasteiger partial charge in [0.25, 0.3) is 0 Å². The third-order valence-corrected chi connectivity index (χ3v) is 7.86. The summed E-state index contributed by atoms with van der Waals surface area (Å²) >= 11 is 0. The summed E-state index contributed by atoms with van der Waals surface area (Å²) in [6.45, 7) is 16.2. The first-order chi connectivity index (χ1) is 26.4. The van der Waals surface area contributed by atoms with Gasteiger partial charge in [-0.3, -0.25) is 48.7 Å². The van der Waals surface area contributed by atoms with Crippen LogP contribution in [0.4, 0.5) is 0 Å². The fourth-order valence-corrected chi connectivity index (χ4v) is 4.38. The maximum absolute atomic E-state index is 12.3. The van der Waals surface area contributed by atoms with Crippen molar-refractivity contribution in [3.05, 3.63) is 0 Å². The van der Waals surface area contributed by atoms with Gasteiger partial charge in [-0.25, -0.2) is 0 Å². The maximum Gasteiger partial charge on any atom is 0.306 e. The highest BCUT2D eigenvalue weighted by molar-refractivity contribution is 5.92. The van der Waals surface area contributed by atoms with Crippen molar-refractivity contribution in [1.29, 1.82) is 0 Å². The number of carbonyl (C=O) groups excluding carboxylic acids is 6. The molecule has 0 N–H and O–H groups in total. The number of aliphatic imine (C=N–C) groups is 4. The number of ether oxygens (including phenoxy) is 6. The first-order valence-electron chi connectivity index (χ1n) is 19.3. The van der Waals surface area contributed by atoms with Crippen molar-refractivity contribution in [2.24, 2.45) is 20.0 Å². The van der Waals surface area contributed by atoms with Crippen LogP contribution in [0.3, 0.4) is 0 Å². The molecule has 0 amide bonds. The zero-order valence-corrected chi connectivity index (χ0v) is 35.3. The van der Waals surface area contributed by atoms with Gasteiger partial charge in [0.2, 0.25) is 0 Å². The molecule has 0 heterocycles. The first-order valence-corrected chi connectivity index (χ1v) is 19.3. The van der Waals surface area contributed by atoms with Gasteiger partial charge in [0.05, 0.1) is 71.7 Å². The minimum absolute atomic E-state index is 0.0424. The highest BCUT2D eigenvalue weighted by Gasteiger charge is 2.16. The Morgan fingerprint density at radius 3 is 0.964 bits per heavy atom. The van der Waals surface area contributed by atoms with E-state index in [9.17, 15) is 28.8 Å². The quantitative estimate of drug-likeness (QED) is 0.0523. The Balaban J connectivity index is 4.22. The first kappa shape index (κ1) is 51.8. The summed E-state index contributed by atoms with van der Waals surface area (Å²) in [5, 5.41) is 0. The molecular weight excluding hydrogens is 728 g/mol. The molecule has 0 spiro atoms. The summed E-state index contributed by atoms with van der Waals surface area (Å²) in [4.78, 5) is 88.9. The van der Waals surface area contributed by atoms with Crippen molar-refractivity contribution in [2.75, 3.05) is 53.1 Å². The largest absolute Gasteiger partial charge is 0.460 e. The molecule has 0 aromatic heterocycles. The Kier molecular flexibility index (Phi) is 28.7. The van der Waals surface area contributed by atoms with Gasteiger partial charge < -0.3 is 28.4 Å². The summed E-state index contributed by atoms with van der Waals surface area (Å²) in [5.74, 6) is -1.74. The molecule has 56 heavy (non-hydrogen) atoms. The summed E-state index contributed by atoms with van der Waals surface area (Å²) in [6, 6.07) is 0. The Morgan fingerprint density at radius 2 is 0.696 bits per heavy atom. The van der Waals surface area contributed by atoms with Crippen molar-refractivity contribution < 1.29 is 57.2 Å². The topological polar surface area (TPSA) is 207 Å². The standard InChI is InChI=1S/C40H66N4O12/c1-11-35(45)20-42-28(3)13-17-38(48)54-32(7)25-52-26-34(9)56-40(50)19-15-30(5)44-22-36(46)21-43-29(4)14-18-39(49)55-33(8)24-51-23-31(6)53-37(47)16-12-27(2)41-10/h31-34H,11-26H2,1-10H3. The van der Waals surface area contributed by atoms with Gasteiger partial charge in [0.1, 0.15) is 24.4 Å². The van der Waals surface area contributed by atoms with Gasteiger partial charge in [0.15, 0.2) is 11.6 Å². The van der Waals surface area contributed by atoms with Crippen molar-refractivity contribution in [1.82, 2.24) is 0 Å². The van der Waals surface area contributed by atoms with Crippen LogP contribution in [0.25, 0.3) is 0 Å². The second-order valence-electron chi connectivity index (χ2n) is 13.8. The highest BCUT2D eigenvalue weighted by Crippen LogP contribution is 2.06. The molecule has 0 saturated heterocycles. The van der Waals surface area contributed by atoms with Gasteiger partial charge in [-0.15, -0.1) is 0 Å². The molecule has 0 aliphatic carbocycles. The van der Waals surface area contributed by atoms with Crippen LogP contribution in [0, 0.1) is 0 Å². The molecule has 318 valence electrons. The summed E-state index contributed by atoms with van der Waals surface area (Å²) in [5.41, 5.74) is 2.84. The van der Waals surface area contributed by atoms with Crippen LogP contribution in [-0.2, 0) is 57.2 Å². The number of carbonyl (C=O) groups is 6. The molecule has 0 fully saturated rings. The molecule has 16 nitrogen and oxygen atoms in total. The van der Waals surface area contributed by atoms with E-state index >= 15 is 0 Å². The number of nitrogens with zero attached hydrogens (tertiary/aromatic N) is 4. The molecular formula is C40H66N4O12. The molecule has 0 aliphatic heterocycles. The van der Waals surface area contributed by atoms with E-state index in [0.717, 1.165) is 5.71 Å². The van der Waals surface area contributed by atoms with Crippen LogP contribution in [-0.4, -0.2) is 136 Å². The molecule has 0 saturated carbocycles. The Bertz CT molecular complexity index is 1370. The molecule has 4 atom stereocenters. The smallest absolute Gasteiger partial charge is 0.306 e. The van der Waals surface area contributed by atoms with Crippen LogP contribution in [0.15, 0.2) is 20.0 Å². The number of hydrogen-bond donors (Lipinski definition) is 0. The lowest BCUT2D eigenvalue weighted by Gasteiger charge is -2.17. The molecule has 0 aromatic carbocycles. The number of ketones is 2. The van der Waals surface area contributed by atoms with E-state index in [-0.39, 0.29) is 89.3 Å². The molecule has 16 heteroatoms. The lowest BCUT2D eigenvalue weighted by molar-refractivity contribution is -0.156. The lowest BCUT2D eigenvalue weighted by atomic mass is 10.2. The fraction of sp³-hybridized carbons (Fsp3) is 0.750.